The van der Waals surface area contributed by atoms with Gasteiger partial charge in [-0.1, -0.05) is 18.2 Å². The molecule has 2 amide bonds. The number of carbonyl (C=O) groups is 2. The fraction of sp³-hybridized carbons (Fsp3) is 0.417. The number of hydrogen-bond acceptors (Lipinski definition) is 5. The minimum absolute atomic E-state index is 0.0866. The van der Waals surface area contributed by atoms with Crippen molar-refractivity contribution < 1.29 is 23.8 Å². The molecule has 0 radical (unpaired) electrons. The van der Waals surface area contributed by atoms with E-state index in [1.54, 1.807) is 18.9 Å². The van der Waals surface area contributed by atoms with Gasteiger partial charge in [0, 0.05) is 19.5 Å². The average molecular weight is 427 g/mol. The molecule has 0 saturated carbocycles. The van der Waals surface area contributed by atoms with Crippen molar-refractivity contribution >= 4 is 11.8 Å². The number of methoxy groups -OCH3 is 1. The number of carbonyl (C=O) groups excluding carboxylic acids is 2. The van der Waals surface area contributed by atoms with Crippen molar-refractivity contribution in [2.45, 2.75) is 39.3 Å². The molecule has 0 bridgehead atoms. The van der Waals surface area contributed by atoms with Gasteiger partial charge in [0.25, 0.3) is 0 Å². The van der Waals surface area contributed by atoms with E-state index in [1.807, 2.05) is 49.4 Å². The molecule has 0 saturated heterocycles. The molecule has 2 aromatic rings. The van der Waals surface area contributed by atoms with Gasteiger partial charge in [-0.3, -0.25) is 9.59 Å². The Kier molecular flexibility index (Phi) is 7.76. The monoisotopic (exact) mass is 426 g/mol. The van der Waals surface area contributed by atoms with Crippen molar-refractivity contribution in [1.82, 2.24) is 10.2 Å². The molecular weight excluding hydrogens is 396 g/mol. The minimum Gasteiger partial charge on any atom is -0.497 e. The molecule has 1 aliphatic heterocycles. The molecule has 1 aliphatic rings. The summed E-state index contributed by atoms with van der Waals surface area (Å²) >= 11 is 0. The van der Waals surface area contributed by atoms with E-state index >= 15 is 0 Å². The van der Waals surface area contributed by atoms with Crippen LogP contribution in [0.1, 0.15) is 31.4 Å². The van der Waals surface area contributed by atoms with Crippen molar-refractivity contribution in [3.63, 3.8) is 0 Å². The van der Waals surface area contributed by atoms with Gasteiger partial charge in [-0.15, -0.1) is 0 Å². The van der Waals surface area contributed by atoms with Crippen LogP contribution in [0, 0.1) is 0 Å². The lowest BCUT2D eigenvalue weighted by atomic mass is 10.1. The number of nitrogens with zero attached hydrogens (tertiary/aromatic N) is 1. The Bertz CT molecular complexity index is 915. The van der Waals surface area contributed by atoms with Crippen molar-refractivity contribution in [3.05, 3.63) is 53.6 Å². The summed E-state index contributed by atoms with van der Waals surface area (Å²) in [5, 5.41) is 2.81. The Morgan fingerprint density at radius 3 is 2.61 bits per heavy atom. The van der Waals surface area contributed by atoms with E-state index in [2.05, 4.69) is 5.32 Å². The summed E-state index contributed by atoms with van der Waals surface area (Å²) < 4.78 is 16.5. The molecule has 7 heteroatoms. The van der Waals surface area contributed by atoms with Crippen molar-refractivity contribution in [2.75, 3.05) is 26.9 Å². The topological polar surface area (TPSA) is 77.1 Å². The van der Waals surface area contributed by atoms with Crippen LogP contribution in [0.4, 0.5) is 0 Å². The van der Waals surface area contributed by atoms with E-state index in [9.17, 15) is 9.59 Å². The third-order valence-electron chi connectivity index (χ3n) is 5.24. The molecule has 1 N–H and O–H groups in total. The lowest BCUT2D eigenvalue weighted by Crippen LogP contribution is -2.47. The maximum Gasteiger partial charge on any atom is 0.242 e. The third kappa shape index (κ3) is 5.90. The zero-order valence-electron chi connectivity index (χ0n) is 18.3. The Labute approximate surface area is 183 Å². The molecular formula is C24H30N2O5. The maximum absolute atomic E-state index is 13.2. The highest BCUT2D eigenvalue weighted by Gasteiger charge is 2.26. The third-order valence-corrected chi connectivity index (χ3v) is 5.24. The van der Waals surface area contributed by atoms with Crippen molar-refractivity contribution in [3.8, 4) is 17.2 Å². The smallest absolute Gasteiger partial charge is 0.242 e. The molecule has 0 unspecified atom stereocenters. The maximum atomic E-state index is 13.2. The van der Waals surface area contributed by atoms with Gasteiger partial charge in [0.15, 0.2) is 11.5 Å². The molecule has 3 rings (SSSR count). The van der Waals surface area contributed by atoms with Crippen LogP contribution in [0.3, 0.4) is 0 Å². The number of benzene rings is 2. The molecule has 0 aliphatic carbocycles. The van der Waals surface area contributed by atoms with Gasteiger partial charge in [0.05, 0.1) is 7.11 Å². The molecule has 7 nitrogen and oxygen atoms in total. The van der Waals surface area contributed by atoms with E-state index in [4.69, 9.17) is 14.2 Å². The number of nitrogens with one attached hydrogen (secondary N) is 1. The second-order valence-corrected chi connectivity index (χ2v) is 7.42. The van der Waals surface area contributed by atoms with Crippen molar-refractivity contribution in [2.24, 2.45) is 0 Å². The van der Waals surface area contributed by atoms with Gasteiger partial charge in [0.1, 0.15) is 25.0 Å². The summed E-state index contributed by atoms with van der Waals surface area (Å²) in [7, 11) is 1.60. The second kappa shape index (κ2) is 10.7. The zero-order chi connectivity index (χ0) is 22.2. The first-order valence-electron chi connectivity index (χ1n) is 10.6. The first-order chi connectivity index (χ1) is 15.0. The Morgan fingerprint density at radius 2 is 1.87 bits per heavy atom. The Balaban J connectivity index is 1.72. The molecule has 1 heterocycles. The van der Waals surface area contributed by atoms with Gasteiger partial charge in [-0.05, 0) is 55.7 Å². The Hall–Kier alpha value is -3.22. The molecule has 0 fully saturated rings. The average Bonchev–Trinajstić information content (AvgIpc) is 2.80. The van der Waals surface area contributed by atoms with Gasteiger partial charge < -0.3 is 24.4 Å². The predicted molar refractivity (Wildman–Crippen MR) is 117 cm³/mol. The molecule has 0 spiro atoms. The number of hydrogen-bond donors (Lipinski definition) is 1. The number of fused-ring (bicyclic) bond motifs is 1. The van der Waals surface area contributed by atoms with Gasteiger partial charge in [-0.25, -0.2) is 0 Å². The summed E-state index contributed by atoms with van der Waals surface area (Å²) in [5.41, 5.74) is 1.90. The first kappa shape index (κ1) is 22.5. The van der Waals surface area contributed by atoms with E-state index in [0.29, 0.717) is 44.2 Å². The number of aryl methyl sites for hydroxylation is 1. The summed E-state index contributed by atoms with van der Waals surface area (Å²) in [6.07, 6.45) is 0.833. The normalized spacial score (nSPS) is 13.3. The summed E-state index contributed by atoms with van der Waals surface area (Å²) in [4.78, 5) is 27.3. The van der Waals surface area contributed by atoms with Gasteiger partial charge in [0.2, 0.25) is 11.8 Å². The highest BCUT2D eigenvalue weighted by atomic mass is 16.6. The van der Waals surface area contributed by atoms with Crippen LogP contribution in [-0.2, 0) is 22.6 Å². The van der Waals surface area contributed by atoms with Crippen LogP contribution in [0.5, 0.6) is 17.2 Å². The lowest BCUT2D eigenvalue weighted by Gasteiger charge is -2.29. The van der Waals surface area contributed by atoms with E-state index < -0.39 is 6.04 Å². The lowest BCUT2D eigenvalue weighted by molar-refractivity contribution is -0.140. The van der Waals surface area contributed by atoms with Crippen molar-refractivity contribution in [1.29, 1.82) is 0 Å². The van der Waals surface area contributed by atoms with Gasteiger partial charge in [-0.2, -0.15) is 0 Å². The first-order valence-corrected chi connectivity index (χ1v) is 10.6. The molecule has 1 atom stereocenters. The molecule has 166 valence electrons. The molecule has 0 aromatic heterocycles. The van der Waals surface area contributed by atoms with Crippen LogP contribution < -0.4 is 19.5 Å². The predicted octanol–water partition coefficient (Wildman–Crippen LogP) is 2.95. The fourth-order valence-corrected chi connectivity index (χ4v) is 3.51. The van der Waals surface area contributed by atoms with Gasteiger partial charge >= 0.3 is 0 Å². The molecule has 31 heavy (non-hydrogen) atoms. The largest absolute Gasteiger partial charge is 0.497 e. The number of likely N-dealkylation sites (N-methyl/N-ethyl adjacent to an activating group) is 1. The molecule has 2 aromatic carbocycles. The number of amides is 2. The van der Waals surface area contributed by atoms with E-state index in [-0.39, 0.29) is 18.2 Å². The van der Waals surface area contributed by atoms with Crippen LogP contribution in [0.2, 0.25) is 0 Å². The highest BCUT2D eigenvalue weighted by molar-refractivity contribution is 5.87. The van der Waals surface area contributed by atoms with E-state index in [1.165, 1.54) is 0 Å². The van der Waals surface area contributed by atoms with Crippen LogP contribution >= 0.6 is 0 Å². The SMILES string of the molecule is CCNC(=O)[C@H](C)N(Cc1cccc(OC)c1)C(=O)CCc1ccc2c(c1)OCCO2. The van der Waals surface area contributed by atoms with Crippen LogP contribution in [-0.4, -0.2) is 49.6 Å². The van der Waals surface area contributed by atoms with Crippen LogP contribution in [0.15, 0.2) is 42.5 Å². The standard InChI is InChI=1S/C24H30N2O5/c1-4-25-24(28)17(2)26(16-19-6-5-7-20(14-19)29-3)23(27)11-9-18-8-10-21-22(15-18)31-13-12-30-21/h5-8,10,14-15,17H,4,9,11-13,16H2,1-3H3,(H,25,28)/t17-/m0/s1. The summed E-state index contributed by atoms with van der Waals surface area (Å²) in [6.45, 7) is 5.53. The Morgan fingerprint density at radius 1 is 1.10 bits per heavy atom. The fourth-order valence-electron chi connectivity index (χ4n) is 3.51. The van der Waals surface area contributed by atoms with E-state index in [0.717, 1.165) is 16.9 Å². The minimum atomic E-state index is -0.584. The quantitative estimate of drug-likeness (QED) is 0.667. The summed E-state index contributed by atoms with van der Waals surface area (Å²) in [6, 6.07) is 12.7. The number of ether oxygens (including phenoxy) is 3. The highest BCUT2D eigenvalue weighted by Crippen LogP contribution is 2.31. The second-order valence-electron chi connectivity index (χ2n) is 7.42. The van der Waals surface area contributed by atoms with Crippen LogP contribution in [0.25, 0.3) is 0 Å². The number of rotatable bonds is 9. The zero-order valence-corrected chi connectivity index (χ0v) is 18.3. The summed E-state index contributed by atoms with van der Waals surface area (Å²) in [5.74, 6) is 1.90.